The van der Waals surface area contributed by atoms with E-state index in [1.165, 1.54) is 0 Å². The van der Waals surface area contributed by atoms with E-state index in [-0.39, 0.29) is 0 Å². The van der Waals surface area contributed by atoms with Crippen molar-refractivity contribution in [2.24, 2.45) is 0 Å². The molecule has 76 valence electrons. The molecule has 1 rings (SSSR count). The number of hydrogen-bond donors (Lipinski definition) is 0. The molecule has 1 heterocycles. The Hall–Kier alpha value is -2.07. The second-order valence-electron chi connectivity index (χ2n) is 3.00. The van der Waals surface area contributed by atoms with Crippen molar-refractivity contribution in [1.29, 1.82) is 10.5 Å². The molecular weight excluding hydrogens is 188 g/mol. The van der Waals surface area contributed by atoms with Gasteiger partial charge >= 0.3 is 0 Å². The van der Waals surface area contributed by atoms with E-state index in [1.54, 1.807) is 12.3 Å². The predicted molar refractivity (Wildman–Crippen MR) is 57.1 cm³/mol. The van der Waals surface area contributed by atoms with Gasteiger partial charge in [0, 0.05) is 25.0 Å². The first-order chi connectivity index (χ1) is 7.31. The van der Waals surface area contributed by atoms with Crippen molar-refractivity contribution in [3.8, 4) is 12.1 Å². The highest BCUT2D eigenvalue weighted by Gasteiger charge is 2.04. The monoisotopic (exact) mass is 200 g/mol. The Balaban J connectivity index is 2.83. The van der Waals surface area contributed by atoms with Crippen molar-refractivity contribution in [1.82, 2.24) is 4.98 Å². The van der Waals surface area contributed by atoms with E-state index in [1.807, 2.05) is 24.0 Å². The SMILES string of the molecule is CCN(CCC#N)c1ccnc(C#N)c1. The van der Waals surface area contributed by atoms with Gasteiger partial charge in [-0.25, -0.2) is 4.98 Å². The zero-order valence-corrected chi connectivity index (χ0v) is 8.64. The van der Waals surface area contributed by atoms with E-state index < -0.39 is 0 Å². The third kappa shape index (κ3) is 2.96. The number of nitrogens with zero attached hydrogens (tertiary/aromatic N) is 4. The van der Waals surface area contributed by atoms with E-state index >= 15 is 0 Å². The number of aromatic nitrogens is 1. The minimum absolute atomic E-state index is 0.405. The number of pyridine rings is 1. The molecule has 4 heteroatoms. The topological polar surface area (TPSA) is 63.7 Å². The molecule has 4 nitrogen and oxygen atoms in total. The molecule has 0 amide bonds. The van der Waals surface area contributed by atoms with E-state index in [4.69, 9.17) is 10.5 Å². The van der Waals surface area contributed by atoms with Crippen LogP contribution in [0.2, 0.25) is 0 Å². The third-order valence-corrected chi connectivity index (χ3v) is 2.10. The summed E-state index contributed by atoms with van der Waals surface area (Å²) in [5.41, 5.74) is 1.35. The van der Waals surface area contributed by atoms with E-state index in [9.17, 15) is 0 Å². The largest absolute Gasteiger partial charge is 0.371 e. The van der Waals surface area contributed by atoms with Crippen molar-refractivity contribution in [2.45, 2.75) is 13.3 Å². The van der Waals surface area contributed by atoms with Crippen LogP contribution in [0.4, 0.5) is 5.69 Å². The number of nitriles is 2. The molecule has 0 saturated heterocycles. The summed E-state index contributed by atoms with van der Waals surface area (Å²) in [5.74, 6) is 0. The lowest BCUT2D eigenvalue weighted by Crippen LogP contribution is -2.23. The van der Waals surface area contributed by atoms with Crippen LogP contribution in [-0.2, 0) is 0 Å². The summed E-state index contributed by atoms with van der Waals surface area (Å²) in [6.45, 7) is 3.52. The van der Waals surface area contributed by atoms with Crippen LogP contribution in [0, 0.1) is 22.7 Å². The Kier molecular flexibility index (Phi) is 4.12. The highest BCUT2D eigenvalue weighted by Crippen LogP contribution is 2.14. The quantitative estimate of drug-likeness (QED) is 0.742. The molecule has 0 saturated carbocycles. The summed E-state index contributed by atoms with van der Waals surface area (Å²) in [6, 6.07) is 7.69. The summed E-state index contributed by atoms with van der Waals surface area (Å²) >= 11 is 0. The van der Waals surface area contributed by atoms with Gasteiger partial charge in [-0.05, 0) is 19.1 Å². The summed E-state index contributed by atoms with van der Waals surface area (Å²) < 4.78 is 0. The third-order valence-electron chi connectivity index (χ3n) is 2.10. The molecule has 1 aromatic heterocycles. The molecule has 0 aliphatic rings. The first-order valence-corrected chi connectivity index (χ1v) is 4.80. The Bertz CT molecular complexity index is 400. The van der Waals surface area contributed by atoms with Gasteiger partial charge in [-0.2, -0.15) is 10.5 Å². The van der Waals surface area contributed by atoms with Crippen LogP contribution >= 0.6 is 0 Å². The van der Waals surface area contributed by atoms with E-state index in [0.29, 0.717) is 18.7 Å². The summed E-state index contributed by atoms with van der Waals surface area (Å²) in [6.07, 6.45) is 2.10. The fourth-order valence-electron chi connectivity index (χ4n) is 1.33. The summed E-state index contributed by atoms with van der Waals surface area (Å²) in [4.78, 5) is 5.95. The van der Waals surface area contributed by atoms with Crippen molar-refractivity contribution >= 4 is 5.69 Å². The van der Waals surface area contributed by atoms with E-state index in [0.717, 1.165) is 12.2 Å². The van der Waals surface area contributed by atoms with E-state index in [2.05, 4.69) is 11.1 Å². The van der Waals surface area contributed by atoms with Crippen LogP contribution in [0.5, 0.6) is 0 Å². The van der Waals surface area contributed by atoms with Gasteiger partial charge in [0.1, 0.15) is 11.8 Å². The summed E-state index contributed by atoms with van der Waals surface area (Å²) in [5, 5.41) is 17.2. The second-order valence-corrected chi connectivity index (χ2v) is 3.00. The van der Waals surface area contributed by atoms with Crippen molar-refractivity contribution in [3.63, 3.8) is 0 Å². The van der Waals surface area contributed by atoms with Gasteiger partial charge in [0.15, 0.2) is 0 Å². The molecule has 0 radical (unpaired) electrons. The van der Waals surface area contributed by atoms with Gasteiger partial charge in [-0.1, -0.05) is 0 Å². The Morgan fingerprint density at radius 1 is 1.47 bits per heavy atom. The van der Waals surface area contributed by atoms with Gasteiger partial charge < -0.3 is 4.90 Å². The van der Waals surface area contributed by atoms with Gasteiger partial charge in [0.05, 0.1) is 12.5 Å². The van der Waals surface area contributed by atoms with Crippen LogP contribution in [0.15, 0.2) is 18.3 Å². The number of hydrogen-bond acceptors (Lipinski definition) is 4. The van der Waals surface area contributed by atoms with Crippen molar-refractivity contribution < 1.29 is 0 Å². The lowest BCUT2D eigenvalue weighted by Gasteiger charge is -2.21. The average Bonchev–Trinajstić information content (AvgIpc) is 2.30. The minimum Gasteiger partial charge on any atom is -0.371 e. The van der Waals surface area contributed by atoms with Gasteiger partial charge in [-0.3, -0.25) is 0 Å². The van der Waals surface area contributed by atoms with Crippen LogP contribution in [-0.4, -0.2) is 18.1 Å². The Labute approximate surface area is 89.4 Å². The highest BCUT2D eigenvalue weighted by atomic mass is 15.1. The fourth-order valence-corrected chi connectivity index (χ4v) is 1.33. The molecule has 0 aliphatic heterocycles. The molecule has 0 aliphatic carbocycles. The second kappa shape index (κ2) is 5.62. The lowest BCUT2D eigenvalue weighted by molar-refractivity contribution is 0.825. The van der Waals surface area contributed by atoms with Crippen LogP contribution in [0.25, 0.3) is 0 Å². The maximum Gasteiger partial charge on any atom is 0.142 e. The molecule has 0 aromatic carbocycles. The average molecular weight is 200 g/mol. The normalized spacial score (nSPS) is 9.00. The highest BCUT2D eigenvalue weighted by molar-refractivity contribution is 5.48. The Morgan fingerprint density at radius 2 is 2.27 bits per heavy atom. The maximum atomic E-state index is 8.71. The standard InChI is InChI=1S/C11H12N4/c1-2-15(7-3-5-12)11-4-6-14-10(8-11)9-13/h4,6,8H,2-3,7H2,1H3. The van der Waals surface area contributed by atoms with Gasteiger partial charge in [0.25, 0.3) is 0 Å². The first kappa shape index (κ1) is 11.0. The molecule has 0 N–H and O–H groups in total. The molecule has 1 aromatic rings. The summed E-state index contributed by atoms with van der Waals surface area (Å²) in [7, 11) is 0. The number of anilines is 1. The first-order valence-electron chi connectivity index (χ1n) is 4.80. The van der Waals surface area contributed by atoms with Crippen molar-refractivity contribution in [3.05, 3.63) is 24.0 Å². The lowest BCUT2D eigenvalue weighted by atomic mass is 10.3. The molecule has 0 fully saturated rings. The maximum absolute atomic E-state index is 8.71. The predicted octanol–water partition coefficient (Wildman–Crippen LogP) is 1.69. The van der Waals surface area contributed by atoms with Crippen LogP contribution < -0.4 is 4.90 Å². The van der Waals surface area contributed by atoms with Gasteiger partial charge in [-0.15, -0.1) is 0 Å². The van der Waals surface area contributed by atoms with Crippen molar-refractivity contribution in [2.75, 3.05) is 18.0 Å². The van der Waals surface area contributed by atoms with Crippen LogP contribution in [0.1, 0.15) is 19.0 Å². The molecule has 0 bridgehead atoms. The molecule has 15 heavy (non-hydrogen) atoms. The Morgan fingerprint density at radius 3 is 2.87 bits per heavy atom. The molecule has 0 unspecified atom stereocenters. The molecular formula is C11H12N4. The van der Waals surface area contributed by atoms with Crippen LogP contribution in [0.3, 0.4) is 0 Å². The molecule has 0 spiro atoms. The minimum atomic E-state index is 0.405. The zero-order valence-electron chi connectivity index (χ0n) is 8.64. The zero-order chi connectivity index (χ0) is 11.1. The number of rotatable bonds is 4. The smallest absolute Gasteiger partial charge is 0.142 e. The van der Waals surface area contributed by atoms with Gasteiger partial charge in [0.2, 0.25) is 0 Å². The molecule has 0 atom stereocenters. The fraction of sp³-hybridized carbons (Fsp3) is 0.364.